The Bertz CT molecular complexity index is 44.5. The molecule has 4 radical (unpaired) electrons. The van der Waals surface area contributed by atoms with Gasteiger partial charge in [-0.15, -0.1) is 5.21 Å². The minimum Gasteiger partial charge on any atom is -0.102 e. The van der Waals surface area contributed by atoms with Crippen molar-refractivity contribution in [3.63, 3.8) is 0 Å². The summed E-state index contributed by atoms with van der Waals surface area (Å²) in [6.07, 6.45) is 1.95. The van der Waals surface area contributed by atoms with Crippen molar-refractivity contribution in [2.24, 2.45) is 0 Å². The molecule has 0 rings (SSSR count). The number of rotatable bonds is 2. The SMILES string of the molecule is [B]C([B])(C)CCC. The zero-order valence-corrected chi connectivity index (χ0v) is 5.07. The van der Waals surface area contributed by atoms with Crippen molar-refractivity contribution in [3.05, 3.63) is 0 Å². The second-order valence-electron chi connectivity index (χ2n) is 2.26. The summed E-state index contributed by atoms with van der Waals surface area (Å²) in [5.41, 5.74) is 0. The van der Waals surface area contributed by atoms with E-state index in [0.29, 0.717) is 0 Å². The van der Waals surface area contributed by atoms with Gasteiger partial charge in [-0.2, -0.15) is 0 Å². The van der Waals surface area contributed by atoms with Gasteiger partial charge in [-0.25, -0.2) is 0 Å². The van der Waals surface area contributed by atoms with Crippen molar-refractivity contribution in [2.45, 2.75) is 31.9 Å². The molecule has 0 bridgehead atoms. The van der Waals surface area contributed by atoms with E-state index >= 15 is 0 Å². The first-order valence-electron chi connectivity index (χ1n) is 2.64. The van der Waals surface area contributed by atoms with Crippen molar-refractivity contribution in [1.82, 2.24) is 0 Å². The highest BCUT2D eigenvalue weighted by Gasteiger charge is 2.05. The van der Waals surface area contributed by atoms with Gasteiger partial charge in [0, 0.05) is 0 Å². The third-order valence-corrected chi connectivity index (χ3v) is 0.789. The predicted molar refractivity (Wildman–Crippen MR) is 34.8 cm³/mol. The summed E-state index contributed by atoms with van der Waals surface area (Å²) in [7, 11) is 10.8. The van der Waals surface area contributed by atoms with Gasteiger partial charge in [0.2, 0.25) is 0 Å². The van der Waals surface area contributed by atoms with Gasteiger partial charge in [0.15, 0.2) is 0 Å². The van der Waals surface area contributed by atoms with Gasteiger partial charge in [0.1, 0.15) is 0 Å². The van der Waals surface area contributed by atoms with Crippen LogP contribution in [0.1, 0.15) is 26.7 Å². The molecule has 0 unspecified atom stereocenters. The lowest BCUT2D eigenvalue weighted by atomic mass is 9.54. The molecule has 0 aliphatic rings. The zero-order valence-electron chi connectivity index (χ0n) is 5.07. The average molecular weight is 91.8 g/mol. The third-order valence-electron chi connectivity index (χ3n) is 0.789. The van der Waals surface area contributed by atoms with E-state index in [4.69, 9.17) is 15.7 Å². The van der Waals surface area contributed by atoms with E-state index in [9.17, 15) is 0 Å². The summed E-state index contributed by atoms with van der Waals surface area (Å²) < 4.78 is 0. The Kier molecular flexibility index (Phi) is 2.49. The van der Waals surface area contributed by atoms with E-state index in [0.717, 1.165) is 12.8 Å². The van der Waals surface area contributed by atoms with Gasteiger partial charge in [0.05, 0.1) is 15.7 Å². The molecule has 0 aliphatic carbocycles. The van der Waals surface area contributed by atoms with E-state index in [1.165, 1.54) is 0 Å². The Morgan fingerprint density at radius 1 is 1.43 bits per heavy atom. The molecule has 2 heteroatoms. The van der Waals surface area contributed by atoms with E-state index in [2.05, 4.69) is 6.92 Å². The van der Waals surface area contributed by atoms with Crippen molar-refractivity contribution >= 4 is 15.7 Å². The van der Waals surface area contributed by atoms with Crippen molar-refractivity contribution in [1.29, 1.82) is 0 Å². The molecule has 0 saturated heterocycles. The fourth-order valence-electron chi connectivity index (χ4n) is 0.539. The van der Waals surface area contributed by atoms with E-state index in [1.54, 1.807) is 0 Å². The summed E-state index contributed by atoms with van der Waals surface area (Å²) in [4.78, 5) is 0. The Labute approximate surface area is 48.5 Å². The second kappa shape index (κ2) is 2.44. The van der Waals surface area contributed by atoms with Crippen LogP contribution in [-0.2, 0) is 0 Å². The second-order valence-corrected chi connectivity index (χ2v) is 2.26. The topological polar surface area (TPSA) is 0 Å². The lowest BCUT2D eigenvalue weighted by Crippen LogP contribution is -2.05. The fourth-order valence-corrected chi connectivity index (χ4v) is 0.539. The van der Waals surface area contributed by atoms with E-state index in [-0.39, 0.29) is 0 Å². The molecule has 0 saturated carbocycles. The molecule has 7 heavy (non-hydrogen) atoms. The van der Waals surface area contributed by atoms with Crippen LogP contribution in [0.25, 0.3) is 0 Å². The monoisotopic (exact) mass is 92.1 g/mol. The van der Waals surface area contributed by atoms with Crippen LogP contribution < -0.4 is 0 Å². The van der Waals surface area contributed by atoms with Crippen molar-refractivity contribution < 1.29 is 0 Å². The lowest BCUT2D eigenvalue weighted by molar-refractivity contribution is 0.715. The summed E-state index contributed by atoms with van der Waals surface area (Å²) in [5.74, 6) is 0. The van der Waals surface area contributed by atoms with Crippen molar-refractivity contribution in [2.75, 3.05) is 0 Å². The molecule has 0 spiro atoms. The molecular formula is C5H10B2. The van der Waals surface area contributed by atoms with E-state index < -0.39 is 5.21 Å². The highest BCUT2D eigenvalue weighted by Crippen LogP contribution is 2.19. The van der Waals surface area contributed by atoms with Crippen LogP contribution in [0.2, 0.25) is 5.21 Å². The van der Waals surface area contributed by atoms with Gasteiger partial charge in [-0.3, -0.25) is 0 Å². The molecule has 0 heterocycles. The minimum atomic E-state index is -0.450. The van der Waals surface area contributed by atoms with Gasteiger partial charge >= 0.3 is 0 Å². The molecule has 0 N–H and O–H groups in total. The molecule has 0 aromatic rings. The van der Waals surface area contributed by atoms with Crippen LogP contribution in [0.4, 0.5) is 0 Å². The van der Waals surface area contributed by atoms with Crippen LogP contribution in [0.5, 0.6) is 0 Å². The summed E-state index contributed by atoms with van der Waals surface area (Å²) >= 11 is 0. The summed E-state index contributed by atoms with van der Waals surface area (Å²) in [6, 6.07) is 0. The summed E-state index contributed by atoms with van der Waals surface area (Å²) in [5, 5.41) is -0.450. The highest BCUT2D eigenvalue weighted by molar-refractivity contribution is 6.39. The first-order chi connectivity index (χ1) is 3.06. The number of hydrogen-bond donors (Lipinski definition) is 0. The average Bonchev–Trinajstić information content (AvgIpc) is 1.30. The normalized spacial score (nSPS) is 11.7. The van der Waals surface area contributed by atoms with Gasteiger partial charge in [-0.1, -0.05) is 26.7 Å². The van der Waals surface area contributed by atoms with Crippen LogP contribution in [0.3, 0.4) is 0 Å². The Morgan fingerprint density at radius 3 is 1.86 bits per heavy atom. The Morgan fingerprint density at radius 2 is 1.86 bits per heavy atom. The molecule has 0 aliphatic heterocycles. The van der Waals surface area contributed by atoms with E-state index in [1.807, 2.05) is 6.92 Å². The zero-order chi connectivity index (χ0) is 5.91. The quantitative estimate of drug-likeness (QED) is 0.449. The maximum absolute atomic E-state index is 5.42. The van der Waals surface area contributed by atoms with Crippen LogP contribution in [0.15, 0.2) is 0 Å². The fraction of sp³-hybridized carbons (Fsp3) is 1.00. The minimum absolute atomic E-state index is 0.450. The van der Waals surface area contributed by atoms with Crippen LogP contribution in [0, 0.1) is 0 Å². The summed E-state index contributed by atoms with van der Waals surface area (Å²) in [6.45, 7) is 3.90. The van der Waals surface area contributed by atoms with Gasteiger partial charge in [-0.05, 0) is 0 Å². The molecule has 0 aromatic carbocycles. The molecule has 0 atom stereocenters. The molecule has 0 nitrogen and oxygen atoms in total. The molecule has 0 aromatic heterocycles. The Balaban J connectivity index is 3.15. The third kappa shape index (κ3) is 6.13. The highest BCUT2D eigenvalue weighted by atomic mass is 14.0. The maximum Gasteiger partial charge on any atom is 0.0617 e. The smallest absolute Gasteiger partial charge is 0.0617 e. The van der Waals surface area contributed by atoms with Crippen LogP contribution >= 0.6 is 0 Å². The molecule has 0 amide bonds. The predicted octanol–water partition coefficient (Wildman–Crippen LogP) is 1.26. The van der Waals surface area contributed by atoms with Gasteiger partial charge in [0.25, 0.3) is 0 Å². The Hall–Kier alpha value is 0.130. The molecular weight excluding hydrogens is 81.7 g/mol. The molecule has 0 fully saturated rings. The van der Waals surface area contributed by atoms with Crippen molar-refractivity contribution in [3.8, 4) is 0 Å². The first kappa shape index (κ1) is 7.13. The standard InChI is InChI=1S/C5H10B2/c1-3-4-5(2,6)7/h3-4H2,1-2H3. The van der Waals surface area contributed by atoms with Gasteiger partial charge < -0.3 is 0 Å². The lowest BCUT2D eigenvalue weighted by Gasteiger charge is -2.16. The maximum atomic E-state index is 5.42. The largest absolute Gasteiger partial charge is 0.102 e. The van der Waals surface area contributed by atoms with Crippen LogP contribution in [-0.4, -0.2) is 15.7 Å². The first-order valence-corrected chi connectivity index (χ1v) is 2.64. The molecule has 36 valence electrons. The number of hydrogen-bond acceptors (Lipinski definition) is 0.